The van der Waals surface area contributed by atoms with Crippen molar-refractivity contribution >= 4 is 5.91 Å². The van der Waals surface area contributed by atoms with Gasteiger partial charge in [-0.1, -0.05) is 0 Å². The van der Waals surface area contributed by atoms with E-state index in [9.17, 15) is 9.90 Å². The number of nitrogens with zero attached hydrogens (tertiary/aromatic N) is 1. The van der Waals surface area contributed by atoms with Crippen molar-refractivity contribution < 1.29 is 9.90 Å². The molecule has 2 bridgehead atoms. The zero-order valence-corrected chi connectivity index (χ0v) is 9.06. The molecule has 2 unspecified atom stereocenters. The summed E-state index contributed by atoms with van der Waals surface area (Å²) in [5.74, 6) is 0.236. The summed E-state index contributed by atoms with van der Waals surface area (Å²) in [4.78, 5) is 13.9. The Hall–Kier alpha value is -0.610. The number of aliphatic hydroxyl groups excluding tert-OH is 1. The molecule has 2 heterocycles. The summed E-state index contributed by atoms with van der Waals surface area (Å²) in [6, 6.07) is 0.591. The Morgan fingerprint density at radius 2 is 1.93 bits per heavy atom. The summed E-state index contributed by atoms with van der Waals surface area (Å²) in [6.07, 6.45) is 4.82. The van der Waals surface area contributed by atoms with E-state index in [1.54, 1.807) is 0 Å². The standard InChI is InChI=1S/C11H20N2O2/c12-5-1-2-11(15)13-8-3-4-9(13)7-10(14)6-8/h8-10,14H,1-7,12H2. The molecular weight excluding hydrogens is 192 g/mol. The molecule has 2 saturated heterocycles. The predicted molar refractivity (Wildman–Crippen MR) is 57.2 cm³/mol. The molecule has 4 heteroatoms. The lowest BCUT2D eigenvalue weighted by molar-refractivity contribution is -0.137. The molecule has 2 aliphatic rings. The monoisotopic (exact) mass is 212 g/mol. The number of piperidine rings is 1. The maximum absolute atomic E-state index is 11.9. The lowest BCUT2D eigenvalue weighted by atomic mass is 9.99. The average molecular weight is 212 g/mol. The first kappa shape index (κ1) is 10.9. The average Bonchev–Trinajstić information content (AvgIpc) is 2.48. The second-order valence-corrected chi connectivity index (χ2v) is 4.70. The van der Waals surface area contributed by atoms with Gasteiger partial charge < -0.3 is 15.7 Å². The van der Waals surface area contributed by atoms with E-state index >= 15 is 0 Å². The van der Waals surface area contributed by atoms with Crippen molar-refractivity contribution in [1.29, 1.82) is 0 Å². The van der Waals surface area contributed by atoms with Crippen molar-refractivity contribution in [2.45, 2.75) is 56.7 Å². The largest absolute Gasteiger partial charge is 0.393 e. The van der Waals surface area contributed by atoms with Crippen LogP contribution < -0.4 is 5.73 Å². The zero-order chi connectivity index (χ0) is 10.8. The minimum absolute atomic E-state index is 0.193. The fraction of sp³-hybridized carbons (Fsp3) is 0.909. The van der Waals surface area contributed by atoms with Crippen LogP contribution in [-0.2, 0) is 4.79 Å². The van der Waals surface area contributed by atoms with E-state index in [0.29, 0.717) is 25.0 Å². The van der Waals surface area contributed by atoms with Crippen molar-refractivity contribution in [2.75, 3.05) is 6.54 Å². The highest BCUT2D eigenvalue weighted by atomic mass is 16.3. The Labute approximate surface area is 90.4 Å². The number of carbonyl (C=O) groups excluding carboxylic acids is 1. The van der Waals surface area contributed by atoms with E-state index in [1.807, 2.05) is 4.90 Å². The molecule has 0 saturated carbocycles. The zero-order valence-electron chi connectivity index (χ0n) is 9.06. The number of fused-ring (bicyclic) bond motifs is 2. The Morgan fingerprint density at radius 3 is 2.47 bits per heavy atom. The van der Waals surface area contributed by atoms with E-state index in [1.165, 1.54) is 0 Å². The summed E-state index contributed by atoms with van der Waals surface area (Å²) in [7, 11) is 0. The second kappa shape index (κ2) is 4.49. The maximum Gasteiger partial charge on any atom is 0.223 e. The van der Waals surface area contributed by atoms with Gasteiger partial charge in [-0.2, -0.15) is 0 Å². The molecule has 15 heavy (non-hydrogen) atoms. The lowest BCUT2D eigenvalue weighted by Crippen LogP contribution is -2.48. The van der Waals surface area contributed by atoms with Crippen LogP contribution in [-0.4, -0.2) is 40.6 Å². The van der Waals surface area contributed by atoms with Crippen LogP contribution in [0, 0.1) is 0 Å². The quantitative estimate of drug-likeness (QED) is 0.704. The molecule has 2 rings (SSSR count). The third kappa shape index (κ3) is 2.16. The van der Waals surface area contributed by atoms with Crippen LogP contribution in [0.15, 0.2) is 0 Å². The van der Waals surface area contributed by atoms with Gasteiger partial charge >= 0.3 is 0 Å². The number of rotatable bonds is 3. The maximum atomic E-state index is 11.9. The van der Waals surface area contributed by atoms with Gasteiger partial charge in [-0.15, -0.1) is 0 Å². The highest BCUT2D eigenvalue weighted by Gasteiger charge is 2.42. The van der Waals surface area contributed by atoms with E-state index in [2.05, 4.69) is 0 Å². The molecule has 1 amide bonds. The van der Waals surface area contributed by atoms with Crippen LogP contribution in [0.2, 0.25) is 0 Å². The molecule has 0 aromatic rings. The number of amides is 1. The van der Waals surface area contributed by atoms with Gasteiger partial charge in [0.2, 0.25) is 5.91 Å². The van der Waals surface area contributed by atoms with Crippen molar-refractivity contribution in [1.82, 2.24) is 4.90 Å². The van der Waals surface area contributed by atoms with Gasteiger partial charge in [-0.25, -0.2) is 0 Å². The van der Waals surface area contributed by atoms with Crippen LogP contribution in [0.5, 0.6) is 0 Å². The molecule has 2 aliphatic heterocycles. The van der Waals surface area contributed by atoms with E-state index in [4.69, 9.17) is 5.73 Å². The molecule has 3 N–H and O–H groups in total. The normalized spacial score (nSPS) is 34.5. The molecule has 0 aromatic heterocycles. The van der Waals surface area contributed by atoms with Crippen molar-refractivity contribution in [3.05, 3.63) is 0 Å². The number of carbonyl (C=O) groups is 1. The van der Waals surface area contributed by atoms with E-state index in [0.717, 1.165) is 32.1 Å². The topological polar surface area (TPSA) is 66.6 Å². The number of hydrogen-bond donors (Lipinski definition) is 2. The summed E-state index contributed by atoms with van der Waals surface area (Å²) < 4.78 is 0. The number of nitrogens with two attached hydrogens (primary N) is 1. The Bertz CT molecular complexity index is 231. The fourth-order valence-corrected chi connectivity index (χ4v) is 2.94. The highest BCUT2D eigenvalue weighted by Crippen LogP contribution is 2.36. The summed E-state index contributed by atoms with van der Waals surface area (Å²) >= 11 is 0. The first-order chi connectivity index (χ1) is 7.22. The van der Waals surface area contributed by atoms with Crippen LogP contribution in [0.3, 0.4) is 0 Å². The van der Waals surface area contributed by atoms with Crippen molar-refractivity contribution in [3.63, 3.8) is 0 Å². The third-order valence-electron chi connectivity index (χ3n) is 3.59. The summed E-state index contributed by atoms with van der Waals surface area (Å²) in [6.45, 7) is 0.581. The highest BCUT2D eigenvalue weighted by molar-refractivity contribution is 5.77. The Kier molecular flexibility index (Phi) is 3.26. The third-order valence-corrected chi connectivity index (χ3v) is 3.59. The molecule has 0 spiro atoms. The van der Waals surface area contributed by atoms with Gasteiger partial charge in [0.05, 0.1) is 6.10 Å². The SMILES string of the molecule is NCCCC(=O)N1C2CCC1CC(O)C2. The van der Waals surface area contributed by atoms with Gasteiger partial charge in [0.25, 0.3) is 0 Å². The van der Waals surface area contributed by atoms with Gasteiger partial charge in [-0.05, 0) is 38.6 Å². The van der Waals surface area contributed by atoms with E-state index < -0.39 is 0 Å². The molecule has 2 atom stereocenters. The second-order valence-electron chi connectivity index (χ2n) is 4.70. The van der Waals surface area contributed by atoms with Gasteiger partial charge in [-0.3, -0.25) is 4.79 Å². The van der Waals surface area contributed by atoms with Crippen LogP contribution in [0.25, 0.3) is 0 Å². The Balaban J connectivity index is 1.95. The predicted octanol–water partition coefficient (Wildman–Crippen LogP) is 0.240. The van der Waals surface area contributed by atoms with Gasteiger partial charge in [0.1, 0.15) is 0 Å². The summed E-state index contributed by atoms with van der Waals surface area (Å²) in [5.41, 5.74) is 5.40. The number of hydrogen-bond acceptors (Lipinski definition) is 3. The molecular formula is C11H20N2O2. The lowest BCUT2D eigenvalue weighted by Gasteiger charge is -2.37. The van der Waals surface area contributed by atoms with E-state index in [-0.39, 0.29) is 12.0 Å². The molecule has 0 aliphatic carbocycles. The minimum atomic E-state index is -0.193. The molecule has 2 fully saturated rings. The Morgan fingerprint density at radius 1 is 1.33 bits per heavy atom. The molecule has 4 nitrogen and oxygen atoms in total. The number of aliphatic hydroxyl groups is 1. The first-order valence-corrected chi connectivity index (χ1v) is 5.91. The molecule has 0 aromatic carbocycles. The van der Waals surface area contributed by atoms with Crippen LogP contribution >= 0.6 is 0 Å². The van der Waals surface area contributed by atoms with Crippen LogP contribution in [0.4, 0.5) is 0 Å². The fourth-order valence-electron chi connectivity index (χ4n) is 2.94. The first-order valence-electron chi connectivity index (χ1n) is 5.91. The summed E-state index contributed by atoms with van der Waals surface area (Å²) in [5, 5.41) is 9.61. The van der Waals surface area contributed by atoms with Crippen molar-refractivity contribution in [2.24, 2.45) is 5.73 Å². The molecule has 86 valence electrons. The van der Waals surface area contributed by atoms with Gasteiger partial charge in [0, 0.05) is 18.5 Å². The van der Waals surface area contributed by atoms with Gasteiger partial charge in [0.15, 0.2) is 0 Å². The van der Waals surface area contributed by atoms with Crippen LogP contribution in [0.1, 0.15) is 38.5 Å². The molecule has 0 radical (unpaired) electrons. The smallest absolute Gasteiger partial charge is 0.223 e. The minimum Gasteiger partial charge on any atom is -0.393 e. The van der Waals surface area contributed by atoms with Crippen molar-refractivity contribution in [3.8, 4) is 0 Å².